The molecule has 2 heterocycles. The normalized spacial score (nSPS) is 14.7. The molecule has 1 aromatic heterocycles. The summed E-state index contributed by atoms with van der Waals surface area (Å²) in [5.41, 5.74) is 14.5. The number of carbonyl (C=O) groups is 1. The van der Waals surface area contributed by atoms with E-state index in [-0.39, 0.29) is 18.1 Å². The molecule has 4 rings (SSSR count). The predicted octanol–water partition coefficient (Wildman–Crippen LogP) is 2.95. The first-order valence-electron chi connectivity index (χ1n) is 10.4. The van der Waals surface area contributed by atoms with E-state index in [2.05, 4.69) is 16.3 Å². The predicted molar refractivity (Wildman–Crippen MR) is 120 cm³/mol. The highest BCUT2D eigenvalue weighted by atomic mass is 16.5. The third kappa shape index (κ3) is 4.45. The first kappa shape index (κ1) is 21.8. The Labute approximate surface area is 190 Å². The molecule has 0 fully saturated rings. The number of rotatable bonds is 8. The molecule has 3 aromatic rings. The van der Waals surface area contributed by atoms with E-state index in [0.717, 1.165) is 23.3 Å². The Hall–Kier alpha value is -4.45. The molecule has 0 unspecified atom stereocenters. The van der Waals surface area contributed by atoms with Gasteiger partial charge < -0.3 is 25.7 Å². The second kappa shape index (κ2) is 9.36. The van der Waals surface area contributed by atoms with Crippen molar-refractivity contribution in [2.45, 2.75) is 19.3 Å². The second-order valence-electron chi connectivity index (χ2n) is 7.44. The number of nitrogens with two attached hydrogens (primary N) is 2. The second-order valence-corrected chi connectivity index (χ2v) is 7.44. The fourth-order valence-electron chi connectivity index (χ4n) is 3.65. The van der Waals surface area contributed by atoms with E-state index in [0.29, 0.717) is 29.5 Å². The van der Waals surface area contributed by atoms with Crippen LogP contribution in [0.1, 0.15) is 30.4 Å². The molecule has 1 amide bonds. The highest BCUT2D eigenvalue weighted by Crippen LogP contribution is 2.45. The number of hydrogen-bond acceptors (Lipinski definition) is 7. The third-order valence-corrected chi connectivity index (χ3v) is 5.15. The minimum atomic E-state index is -0.565. The van der Waals surface area contributed by atoms with Gasteiger partial charge in [0.05, 0.1) is 23.8 Å². The van der Waals surface area contributed by atoms with Crippen LogP contribution in [0.5, 0.6) is 17.4 Å². The Morgan fingerprint density at radius 2 is 1.82 bits per heavy atom. The molecule has 0 radical (unpaired) electrons. The number of nitrogens with one attached hydrogen (secondary N) is 1. The highest BCUT2D eigenvalue weighted by molar-refractivity contribution is 5.75. The van der Waals surface area contributed by atoms with Crippen molar-refractivity contribution in [2.24, 2.45) is 11.5 Å². The Morgan fingerprint density at radius 3 is 2.45 bits per heavy atom. The third-order valence-electron chi connectivity index (χ3n) is 5.15. The molecule has 0 saturated carbocycles. The zero-order valence-electron chi connectivity index (χ0n) is 18.0. The molecule has 5 N–H and O–H groups in total. The van der Waals surface area contributed by atoms with Gasteiger partial charge in [0, 0.05) is 5.56 Å². The van der Waals surface area contributed by atoms with Gasteiger partial charge in [-0.15, -0.1) is 5.10 Å². The van der Waals surface area contributed by atoms with Gasteiger partial charge in [-0.3, -0.25) is 9.89 Å². The van der Waals surface area contributed by atoms with Gasteiger partial charge in [0.15, 0.2) is 6.61 Å². The summed E-state index contributed by atoms with van der Waals surface area (Å²) >= 11 is 0. The van der Waals surface area contributed by atoms with Gasteiger partial charge in [-0.1, -0.05) is 19.1 Å². The molecule has 1 atom stereocenters. The summed E-state index contributed by atoms with van der Waals surface area (Å²) in [7, 11) is 0. The molecule has 0 bridgehead atoms. The number of nitrogens with zero attached hydrogens (tertiary/aromatic N) is 2. The number of H-pyrrole nitrogens is 1. The van der Waals surface area contributed by atoms with Crippen LogP contribution in [-0.4, -0.2) is 29.3 Å². The topological polar surface area (TPSA) is 149 Å². The number of primary amides is 1. The van der Waals surface area contributed by atoms with Crippen LogP contribution in [-0.2, 0) is 4.79 Å². The first-order valence-corrected chi connectivity index (χ1v) is 10.4. The molecule has 33 heavy (non-hydrogen) atoms. The summed E-state index contributed by atoms with van der Waals surface area (Å²) in [5, 5.41) is 17.2. The van der Waals surface area contributed by atoms with Gasteiger partial charge in [-0.2, -0.15) is 5.26 Å². The van der Waals surface area contributed by atoms with Crippen LogP contribution in [0.25, 0.3) is 11.3 Å². The molecule has 9 nitrogen and oxygen atoms in total. The van der Waals surface area contributed by atoms with Gasteiger partial charge in [-0.25, -0.2) is 0 Å². The van der Waals surface area contributed by atoms with E-state index in [9.17, 15) is 10.1 Å². The fourth-order valence-corrected chi connectivity index (χ4v) is 3.65. The monoisotopic (exact) mass is 445 g/mol. The van der Waals surface area contributed by atoms with Crippen LogP contribution in [0.15, 0.2) is 60.0 Å². The van der Waals surface area contributed by atoms with Crippen LogP contribution in [0.4, 0.5) is 0 Å². The van der Waals surface area contributed by atoms with Gasteiger partial charge >= 0.3 is 0 Å². The average Bonchev–Trinajstić information content (AvgIpc) is 3.24. The lowest BCUT2D eigenvalue weighted by Gasteiger charge is -2.24. The highest BCUT2D eigenvalue weighted by Gasteiger charge is 2.35. The van der Waals surface area contributed by atoms with Crippen molar-refractivity contribution in [2.75, 3.05) is 13.2 Å². The maximum atomic E-state index is 11.0. The van der Waals surface area contributed by atoms with Crippen LogP contribution in [0.2, 0.25) is 0 Å². The number of carbonyl (C=O) groups excluding carboxylic acids is 1. The molecule has 0 spiro atoms. The van der Waals surface area contributed by atoms with Crippen LogP contribution in [0.3, 0.4) is 0 Å². The number of benzene rings is 2. The lowest BCUT2D eigenvalue weighted by Crippen LogP contribution is -2.21. The summed E-state index contributed by atoms with van der Waals surface area (Å²) in [5.74, 6) is 0.501. The van der Waals surface area contributed by atoms with Crippen molar-refractivity contribution in [3.05, 3.63) is 71.1 Å². The van der Waals surface area contributed by atoms with Crippen molar-refractivity contribution in [1.29, 1.82) is 5.26 Å². The zero-order chi connectivity index (χ0) is 23.4. The number of amides is 1. The number of aromatic amines is 1. The number of allylic oxidation sites excluding steroid dienone is 1. The van der Waals surface area contributed by atoms with E-state index < -0.39 is 11.8 Å². The van der Waals surface area contributed by atoms with E-state index in [1.54, 1.807) is 24.3 Å². The number of aromatic nitrogens is 2. The Bertz CT molecular complexity index is 1220. The van der Waals surface area contributed by atoms with Gasteiger partial charge in [0.2, 0.25) is 11.8 Å². The standard InChI is InChI=1S/C24H23N5O4/c1-2-11-31-16-9-5-15(6-10-16)22-21-20(18(12-25)23(27)33-24(21)29-28-22)14-3-7-17(8-4-14)32-13-19(26)30/h3-10,20H,2,11,13,27H2,1H3,(H2,26,30)(H,28,29)/t20-/m0/s1. The minimum absolute atomic E-state index is 0.00502. The summed E-state index contributed by atoms with van der Waals surface area (Å²) in [6, 6.07) is 16.8. The SMILES string of the molecule is CCCOc1ccc(-c2[nH]nc3c2[C@@H](c2ccc(OCC(N)=O)cc2)C(C#N)=C(N)O3)cc1. The Morgan fingerprint density at radius 1 is 1.15 bits per heavy atom. The quantitative estimate of drug-likeness (QED) is 0.482. The fraction of sp³-hybridized carbons (Fsp3) is 0.208. The molecule has 0 aliphatic carbocycles. The largest absolute Gasteiger partial charge is 0.494 e. The van der Waals surface area contributed by atoms with Crippen LogP contribution in [0, 0.1) is 11.3 Å². The molecule has 1 aliphatic heterocycles. The summed E-state index contributed by atoms with van der Waals surface area (Å²) < 4.78 is 16.7. The molecule has 1 aliphatic rings. The summed E-state index contributed by atoms with van der Waals surface area (Å²) in [6.45, 7) is 2.47. The van der Waals surface area contributed by atoms with Crippen molar-refractivity contribution >= 4 is 5.91 Å². The molecule has 2 aromatic carbocycles. The lowest BCUT2D eigenvalue weighted by molar-refractivity contribution is -0.119. The van der Waals surface area contributed by atoms with Gasteiger partial charge in [0.25, 0.3) is 5.91 Å². The Balaban J connectivity index is 1.72. The molecule has 168 valence electrons. The maximum Gasteiger partial charge on any atom is 0.255 e. The van der Waals surface area contributed by atoms with Crippen molar-refractivity contribution < 1.29 is 19.0 Å². The maximum absolute atomic E-state index is 11.0. The zero-order valence-corrected chi connectivity index (χ0v) is 18.0. The van der Waals surface area contributed by atoms with E-state index in [4.69, 9.17) is 25.7 Å². The number of ether oxygens (including phenoxy) is 3. The van der Waals surface area contributed by atoms with Crippen molar-refractivity contribution in [1.82, 2.24) is 10.2 Å². The number of hydrogen-bond donors (Lipinski definition) is 3. The number of nitriles is 1. The van der Waals surface area contributed by atoms with Gasteiger partial charge in [-0.05, 0) is 48.4 Å². The number of fused-ring (bicyclic) bond motifs is 1. The van der Waals surface area contributed by atoms with Crippen LogP contribution < -0.4 is 25.7 Å². The minimum Gasteiger partial charge on any atom is -0.494 e. The molecular weight excluding hydrogens is 422 g/mol. The van der Waals surface area contributed by atoms with E-state index in [1.807, 2.05) is 31.2 Å². The van der Waals surface area contributed by atoms with E-state index in [1.165, 1.54) is 0 Å². The molecule has 0 saturated heterocycles. The lowest BCUT2D eigenvalue weighted by atomic mass is 9.83. The molecule has 9 heteroatoms. The Kier molecular flexibility index (Phi) is 6.17. The van der Waals surface area contributed by atoms with Crippen LogP contribution >= 0.6 is 0 Å². The summed E-state index contributed by atoms with van der Waals surface area (Å²) in [4.78, 5) is 11.0. The van der Waals surface area contributed by atoms with Gasteiger partial charge in [0.1, 0.15) is 23.1 Å². The smallest absolute Gasteiger partial charge is 0.255 e. The van der Waals surface area contributed by atoms with E-state index >= 15 is 0 Å². The first-order chi connectivity index (χ1) is 16.0. The average molecular weight is 445 g/mol. The summed E-state index contributed by atoms with van der Waals surface area (Å²) in [6.07, 6.45) is 0.922. The molecular formula is C24H23N5O4. The van der Waals surface area contributed by atoms with Crippen molar-refractivity contribution in [3.8, 4) is 34.7 Å². The van der Waals surface area contributed by atoms with Crippen molar-refractivity contribution in [3.63, 3.8) is 0 Å².